The first-order valence-corrected chi connectivity index (χ1v) is 12.1. The number of para-hydroxylation sites is 1. The van der Waals surface area contributed by atoms with Crippen molar-refractivity contribution in [2.75, 3.05) is 12.3 Å². The molecule has 1 aromatic heterocycles. The molecular weight excluding hydrogens is 436 g/mol. The molecule has 1 saturated carbocycles. The number of rotatable bonds is 7. The summed E-state index contributed by atoms with van der Waals surface area (Å²) in [6, 6.07) is 10.8. The van der Waals surface area contributed by atoms with E-state index in [4.69, 9.17) is 0 Å². The van der Waals surface area contributed by atoms with E-state index in [1.165, 1.54) is 23.5 Å². The molecule has 3 aliphatic rings. The summed E-state index contributed by atoms with van der Waals surface area (Å²) in [5.74, 6) is -0.466. The molecule has 31 heavy (non-hydrogen) atoms. The number of thioether (sulfide) groups is 2. The average molecular weight is 459 g/mol. The number of aromatic nitrogens is 2. The number of fused-ring (bicyclic) bond motifs is 1. The maximum atomic E-state index is 12.7. The van der Waals surface area contributed by atoms with Gasteiger partial charge in [-0.25, -0.2) is 4.68 Å². The summed E-state index contributed by atoms with van der Waals surface area (Å²) in [6.07, 6.45) is 4.27. The molecule has 1 aliphatic carbocycles. The van der Waals surface area contributed by atoms with Gasteiger partial charge in [0.25, 0.3) is 0 Å². The molecule has 2 aromatic rings. The largest absolute Gasteiger partial charge is 0.480 e. The van der Waals surface area contributed by atoms with E-state index in [0.29, 0.717) is 23.1 Å². The third kappa shape index (κ3) is 3.82. The molecule has 0 bridgehead atoms. The highest BCUT2D eigenvalue weighted by Crippen LogP contribution is 2.46. The topological polar surface area (TPSA) is 105 Å². The average Bonchev–Trinajstić information content (AvgIpc) is 3.47. The Morgan fingerprint density at radius 1 is 1.26 bits per heavy atom. The van der Waals surface area contributed by atoms with Gasteiger partial charge >= 0.3 is 5.97 Å². The van der Waals surface area contributed by atoms with Crippen molar-refractivity contribution in [1.82, 2.24) is 20.0 Å². The van der Waals surface area contributed by atoms with Crippen LogP contribution in [0.5, 0.6) is 0 Å². The van der Waals surface area contributed by atoms with Crippen LogP contribution >= 0.6 is 23.5 Å². The van der Waals surface area contributed by atoms with Gasteiger partial charge < -0.3 is 15.3 Å². The van der Waals surface area contributed by atoms with Crippen LogP contribution in [0.4, 0.5) is 0 Å². The number of hydrogen-bond donors (Lipinski definition) is 2. The third-order valence-corrected chi connectivity index (χ3v) is 8.91. The number of aliphatic carboxylic acids is 1. The molecule has 162 valence electrons. The van der Waals surface area contributed by atoms with Gasteiger partial charge in [-0.2, -0.15) is 5.10 Å². The number of amides is 2. The second-order valence-corrected chi connectivity index (χ2v) is 10.7. The van der Waals surface area contributed by atoms with Gasteiger partial charge in [0.15, 0.2) is 0 Å². The highest BCUT2D eigenvalue weighted by molar-refractivity contribution is 8.05. The van der Waals surface area contributed by atoms with Crippen LogP contribution < -0.4 is 5.32 Å². The van der Waals surface area contributed by atoms with E-state index in [1.54, 1.807) is 21.8 Å². The van der Waals surface area contributed by atoms with Crippen molar-refractivity contribution in [3.8, 4) is 5.69 Å². The van der Waals surface area contributed by atoms with Gasteiger partial charge in [0.2, 0.25) is 11.8 Å². The van der Waals surface area contributed by atoms with E-state index >= 15 is 0 Å². The number of benzene rings is 1. The lowest BCUT2D eigenvalue weighted by molar-refractivity contribution is -0.152. The van der Waals surface area contributed by atoms with Crippen LogP contribution in [0.3, 0.4) is 0 Å². The zero-order valence-electron chi connectivity index (χ0n) is 16.6. The van der Waals surface area contributed by atoms with Crippen LogP contribution in [0.1, 0.15) is 19.3 Å². The zero-order chi connectivity index (χ0) is 21.6. The van der Waals surface area contributed by atoms with Crippen LogP contribution in [0, 0.1) is 5.92 Å². The maximum Gasteiger partial charge on any atom is 0.322 e. The molecule has 3 heterocycles. The Hall–Kier alpha value is -2.46. The monoisotopic (exact) mass is 458 g/mol. The molecule has 2 aliphatic heterocycles. The fraction of sp³-hybridized carbons (Fsp3) is 0.429. The summed E-state index contributed by atoms with van der Waals surface area (Å²) >= 11 is 2.64. The first-order chi connectivity index (χ1) is 15.0. The normalized spacial score (nSPS) is 27.4. The Morgan fingerprint density at radius 3 is 2.74 bits per heavy atom. The number of carbonyl (C=O) groups excluding carboxylic acids is 2. The minimum absolute atomic E-state index is 0.0858. The molecule has 3 fully saturated rings. The van der Waals surface area contributed by atoms with Gasteiger partial charge in [-0.15, -0.1) is 11.8 Å². The van der Waals surface area contributed by atoms with Crippen LogP contribution in [0.15, 0.2) is 47.6 Å². The second kappa shape index (κ2) is 7.90. The highest BCUT2D eigenvalue weighted by Gasteiger charge is 2.58. The van der Waals surface area contributed by atoms with Crippen molar-refractivity contribution < 1.29 is 19.5 Å². The molecule has 3 atom stereocenters. The predicted octanol–water partition coefficient (Wildman–Crippen LogP) is 1.99. The van der Waals surface area contributed by atoms with Crippen molar-refractivity contribution in [3.05, 3.63) is 42.6 Å². The zero-order valence-corrected chi connectivity index (χ0v) is 18.3. The number of carbonyl (C=O) groups is 3. The van der Waals surface area contributed by atoms with E-state index in [1.807, 2.05) is 30.3 Å². The smallest absolute Gasteiger partial charge is 0.322 e. The maximum absolute atomic E-state index is 12.7. The SMILES string of the molecule is O=C(CC1CC1)N[C@@H]1C(=O)N2CC(Sc3ccnn3-c3ccccc3)(C(=O)O)CS[C@H]12. The Balaban J connectivity index is 1.31. The summed E-state index contributed by atoms with van der Waals surface area (Å²) in [4.78, 5) is 38.8. The minimum Gasteiger partial charge on any atom is -0.480 e. The number of carboxylic acids is 1. The number of carboxylic acid groups (broad SMARTS) is 1. The van der Waals surface area contributed by atoms with Crippen molar-refractivity contribution in [2.45, 2.75) is 40.5 Å². The molecule has 1 aromatic carbocycles. The fourth-order valence-corrected chi connectivity index (χ4v) is 6.82. The van der Waals surface area contributed by atoms with Crippen LogP contribution in [0.25, 0.3) is 5.69 Å². The third-order valence-electron chi connectivity index (χ3n) is 5.84. The van der Waals surface area contributed by atoms with E-state index in [9.17, 15) is 19.5 Å². The Kier molecular flexibility index (Phi) is 5.21. The van der Waals surface area contributed by atoms with Gasteiger partial charge in [-0.3, -0.25) is 14.4 Å². The molecule has 2 amide bonds. The lowest BCUT2D eigenvalue weighted by Gasteiger charge is -2.53. The standard InChI is InChI=1S/C21H22N4O4S2/c26-15(10-13-6-7-13)23-17-18(27)24-11-21(20(28)29,12-30-19(17)24)31-16-8-9-22-25(16)14-4-2-1-3-5-14/h1-5,8-9,13,17,19H,6-7,10-12H2,(H,23,26)(H,28,29)/t17-,19-,21?/m1/s1. The number of hydrogen-bond acceptors (Lipinski definition) is 6. The molecule has 0 radical (unpaired) electrons. The van der Waals surface area contributed by atoms with Crippen LogP contribution in [0.2, 0.25) is 0 Å². The van der Waals surface area contributed by atoms with Crippen molar-refractivity contribution in [2.24, 2.45) is 5.92 Å². The van der Waals surface area contributed by atoms with Gasteiger partial charge in [0.05, 0.1) is 11.9 Å². The molecular formula is C21H22N4O4S2. The summed E-state index contributed by atoms with van der Waals surface area (Å²) in [7, 11) is 0. The summed E-state index contributed by atoms with van der Waals surface area (Å²) in [5.41, 5.74) is 0.843. The Morgan fingerprint density at radius 2 is 2.03 bits per heavy atom. The van der Waals surface area contributed by atoms with Gasteiger partial charge in [-0.05, 0) is 37.0 Å². The summed E-state index contributed by atoms with van der Waals surface area (Å²) in [6.45, 7) is 0.0957. The van der Waals surface area contributed by atoms with E-state index in [2.05, 4.69) is 10.4 Å². The van der Waals surface area contributed by atoms with Gasteiger partial charge in [0.1, 0.15) is 21.2 Å². The lowest BCUT2D eigenvalue weighted by atomic mass is 10.0. The number of nitrogens with zero attached hydrogens (tertiary/aromatic N) is 3. The molecule has 1 unspecified atom stereocenters. The second-order valence-electron chi connectivity index (χ2n) is 8.18. The molecule has 5 rings (SSSR count). The highest BCUT2D eigenvalue weighted by atomic mass is 32.2. The summed E-state index contributed by atoms with van der Waals surface area (Å²) in [5, 5.41) is 17.8. The van der Waals surface area contributed by atoms with Crippen molar-refractivity contribution in [3.63, 3.8) is 0 Å². The molecule has 10 heteroatoms. The van der Waals surface area contributed by atoms with Gasteiger partial charge in [0, 0.05) is 18.7 Å². The van der Waals surface area contributed by atoms with Crippen molar-refractivity contribution >= 4 is 41.3 Å². The molecule has 0 spiro atoms. The Bertz CT molecular complexity index is 1030. The van der Waals surface area contributed by atoms with E-state index < -0.39 is 16.8 Å². The molecule has 2 saturated heterocycles. The number of β-lactam (4-membered cyclic amide) rings is 1. The first kappa shape index (κ1) is 20.4. The quantitative estimate of drug-likeness (QED) is 0.612. The summed E-state index contributed by atoms with van der Waals surface area (Å²) < 4.78 is 0.525. The minimum atomic E-state index is -1.19. The lowest BCUT2D eigenvalue weighted by Crippen LogP contribution is -2.74. The molecule has 2 N–H and O–H groups in total. The Labute approximate surface area is 187 Å². The predicted molar refractivity (Wildman–Crippen MR) is 117 cm³/mol. The van der Waals surface area contributed by atoms with Gasteiger partial charge in [-0.1, -0.05) is 30.0 Å². The first-order valence-electron chi connectivity index (χ1n) is 10.2. The number of nitrogens with one attached hydrogen (secondary N) is 1. The van der Waals surface area contributed by atoms with E-state index in [-0.39, 0.29) is 23.7 Å². The van der Waals surface area contributed by atoms with Crippen molar-refractivity contribution in [1.29, 1.82) is 0 Å². The molecule has 8 nitrogen and oxygen atoms in total. The van der Waals surface area contributed by atoms with E-state index in [0.717, 1.165) is 18.5 Å². The van der Waals surface area contributed by atoms with Crippen LogP contribution in [-0.2, 0) is 14.4 Å². The fourth-order valence-electron chi connectivity index (χ4n) is 3.93. The van der Waals surface area contributed by atoms with Crippen LogP contribution in [-0.4, -0.2) is 66.0 Å².